The summed E-state index contributed by atoms with van der Waals surface area (Å²) in [5.41, 5.74) is 1.60. The number of aryl methyl sites for hydroxylation is 1. The largest absolute Gasteiger partial charge is 0.483 e. The van der Waals surface area contributed by atoms with Crippen LogP contribution in [-0.4, -0.2) is 22.7 Å². The van der Waals surface area contributed by atoms with Gasteiger partial charge in [-0.1, -0.05) is 41.0 Å². The Morgan fingerprint density at radius 2 is 1.96 bits per heavy atom. The van der Waals surface area contributed by atoms with Crippen LogP contribution in [0.3, 0.4) is 0 Å². The van der Waals surface area contributed by atoms with E-state index in [0.29, 0.717) is 34.6 Å². The maximum atomic E-state index is 12.0. The average Bonchev–Trinajstić information content (AvgIpc) is 3.06. The van der Waals surface area contributed by atoms with Crippen LogP contribution in [0.1, 0.15) is 11.4 Å². The van der Waals surface area contributed by atoms with Gasteiger partial charge in [0.2, 0.25) is 0 Å². The Bertz CT molecular complexity index is 862. The number of aromatic nitrogens is 2. The molecule has 7 heteroatoms. The van der Waals surface area contributed by atoms with Crippen LogP contribution in [0.4, 0.5) is 0 Å². The zero-order valence-electron chi connectivity index (χ0n) is 13.5. The van der Waals surface area contributed by atoms with Gasteiger partial charge in [-0.05, 0) is 36.8 Å². The van der Waals surface area contributed by atoms with Crippen molar-refractivity contribution in [3.8, 4) is 17.2 Å². The van der Waals surface area contributed by atoms with E-state index in [0.717, 1.165) is 5.56 Å². The first-order chi connectivity index (χ1) is 12.1. The molecule has 6 nitrogen and oxygen atoms in total. The predicted molar refractivity (Wildman–Crippen MR) is 93.3 cm³/mol. The van der Waals surface area contributed by atoms with Crippen molar-refractivity contribution in [3.63, 3.8) is 0 Å². The van der Waals surface area contributed by atoms with E-state index in [1.165, 1.54) is 0 Å². The van der Waals surface area contributed by atoms with Crippen LogP contribution < -0.4 is 10.1 Å². The highest BCUT2D eigenvalue weighted by Crippen LogP contribution is 2.28. The number of nitrogens with zero attached hydrogens (tertiary/aromatic N) is 2. The molecule has 0 unspecified atom stereocenters. The normalized spacial score (nSPS) is 10.5. The first kappa shape index (κ1) is 17.0. The molecule has 3 aromatic rings. The van der Waals surface area contributed by atoms with Gasteiger partial charge in [-0.25, -0.2) is 0 Å². The fraction of sp³-hybridized carbons (Fsp3) is 0.167. The number of para-hydroxylation sites is 1. The lowest BCUT2D eigenvalue weighted by atomic mass is 10.2. The van der Waals surface area contributed by atoms with E-state index in [4.69, 9.17) is 20.9 Å². The molecule has 0 aliphatic carbocycles. The summed E-state index contributed by atoms with van der Waals surface area (Å²) in [6.07, 6.45) is 0. The highest BCUT2D eigenvalue weighted by molar-refractivity contribution is 6.30. The Labute approximate surface area is 149 Å². The second-order valence-corrected chi connectivity index (χ2v) is 5.77. The van der Waals surface area contributed by atoms with Gasteiger partial charge in [0.25, 0.3) is 11.8 Å². The Hall–Kier alpha value is -2.86. The Morgan fingerprint density at radius 1 is 1.20 bits per heavy atom. The van der Waals surface area contributed by atoms with Crippen LogP contribution in [0.15, 0.2) is 53.1 Å². The predicted octanol–water partition coefficient (Wildman–Crippen LogP) is 3.39. The molecule has 0 saturated heterocycles. The molecule has 25 heavy (non-hydrogen) atoms. The van der Waals surface area contributed by atoms with E-state index >= 15 is 0 Å². The monoisotopic (exact) mass is 357 g/mol. The molecule has 0 bridgehead atoms. The summed E-state index contributed by atoms with van der Waals surface area (Å²) in [6, 6.07) is 14.5. The van der Waals surface area contributed by atoms with Crippen LogP contribution >= 0.6 is 11.6 Å². The molecule has 0 atom stereocenters. The molecule has 0 aliphatic rings. The third-order valence-electron chi connectivity index (χ3n) is 3.41. The van der Waals surface area contributed by atoms with Crippen LogP contribution in [0.2, 0.25) is 5.02 Å². The summed E-state index contributed by atoms with van der Waals surface area (Å²) < 4.78 is 10.8. The minimum Gasteiger partial charge on any atom is -0.483 e. The molecule has 0 radical (unpaired) electrons. The van der Waals surface area contributed by atoms with Crippen molar-refractivity contribution in [1.29, 1.82) is 0 Å². The number of hydrogen-bond acceptors (Lipinski definition) is 5. The number of carbonyl (C=O) groups excluding carboxylic acids is 1. The smallest absolute Gasteiger partial charge is 0.261 e. The van der Waals surface area contributed by atoms with E-state index in [9.17, 15) is 4.79 Å². The summed E-state index contributed by atoms with van der Waals surface area (Å²) in [4.78, 5) is 16.2. The van der Waals surface area contributed by atoms with E-state index in [1.807, 2.05) is 24.3 Å². The molecule has 0 spiro atoms. The topological polar surface area (TPSA) is 77.2 Å². The molecule has 1 heterocycles. The molecule has 1 aromatic heterocycles. The molecular weight excluding hydrogens is 342 g/mol. The lowest BCUT2D eigenvalue weighted by Crippen LogP contribution is -2.28. The fourth-order valence-electron chi connectivity index (χ4n) is 2.17. The van der Waals surface area contributed by atoms with Gasteiger partial charge in [0.05, 0.1) is 5.56 Å². The summed E-state index contributed by atoms with van der Waals surface area (Å²) in [5.74, 6) is 1.17. The van der Waals surface area contributed by atoms with Crippen molar-refractivity contribution < 1.29 is 14.1 Å². The number of amides is 1. The van der Waals surface area contributed by atoms with Gasteiger partial charge in [0.1, 0.15) is 5.75 Å². The number of rotatable bonds is 6. The zero-order chi connectivity index (χ0) is 17.6. The number of nitrogens with one attached hydrogen (secondary N) is 1. The summed E-state index contributed by atoms with van der Waals surface area (Å²) in [7, 11) is 0. The van der Waals surface area contributed by atoms with Gasteiger partial charge < -0.3 is 14.6 Å². The van der Waals surface area contributed by atoms with E-state index in [-0.39, 0.29) is 12.5 Å². The third kappa shape index (κ3) is 4.58. The van der Waals surface area contributed by atoms with Crippen molar-refractivity contribution in [2.45, 2.75) is 13.5 Å². The minimum atomic E-state index is -0.230. The molecule has 3 rings (SSSR count). The van der Waals surface area contributed by atoms with E-state index in [2.05, 4.69) is 15.5 Å². The number of hydrogen-bond donors (Lipinski definition) is 1. The Morgan fingerprint density at radius 3 is 2.68 bits per heavy atom. The number of benzene rings is 2. The Kier molecular flexibility index (Phi) is 5.30. The van der Waals surface area contributed by atoms with Crippen molar-refractivity contribution in [2.24, 2.45) is 0 Å². The molecule has 0 saturated carbocycles. The lowest BCUT2D eigenvalue weighted by Gasteiger charge is -2.09. The van der Waals surface area contributed by atoms with Crippen LogP contribution in [0, 0.1) is 6.92 Å². The summed E-state index contributed by atoms with van der Waals surface area (Å²) in [5, 5.41) is 7.22. The van der Waals surface area contributed by atoms with Gasteiger partial charge in [-0.2, -0.15) is 4.98 Å². The number of ether oxygens (including phenoxy) is 1. The number of halogens is 1. The third-order valence-corrected chi connectivity index (χ3v) is 3.66. The van der Waals surface area contributed by atoms with E-state index < -0.39 is 0 Å². The minimum absolute atomic E-state index is 0.113. The van der Waals surface area contributed by atoms with Crippen molar-refractivity contribution >= 4 is 17.5 Å². The zero-order valence-corrected chi connectivity index (χ0v) is 14.3. The average molecular weight is 358 g/mol. The van der Waals surface area contributed by atoms with Crippen LogP contribution in [0.25, 0.3) is 11.5 Å². The second kappa shape index (κ2) is 7.81. The molecule has 2 aromatic carbocycles. The Balaban J connectivity index is 1.58. The van der Waals surface area contributed by atoms with E-state index in [1.54, 1.807) is 31.2 Å². The maximum absolute atomic E-state index is 12.0. The summed E-state index contributed by atoms with van der Waals surface area (Å²) in [6.45, 7) is 2.03. The lowest BCUT2D eigenvalue weighted by molar-refractivity contribution is -0.123. The SMILES string of the molecule is Cc1noc(-c2ccccc2OCC(=O)NCc2ccc(Cl)cc2)n1. The van der Waals surface area contributed by atoms with Crippen molar-refractivity contribution in [2.75, 3.05) is 6.61 Å². The first-order valence-corrected chi connectivity index (χ1v) is 8.03. The quantitative estimate of drug-likeness (QED) is 0.731. The first-order valence-electron chi connectivity index (χ1n) is 7.65. The fourth-order valence-corrected chi connectivity index (χ4v) is 2.30. The molecule has 0 aliphatic heterocycles. The van der Waals surface area contributed by atoms with Crippen molar-refractivity contribution in [3.05, 3.63) is 64.9 Å². The standard InChI is InChI=1S/C18H16ClN3O3/c1-12-21-18(25-22-12)15-4-2-3-5-16(15)24-11-17(23)20-10-13-6-8-14(19)9-7-13/h2-9H,10-11H2,1H3,(H,20,23). The van der Waals surface area contributed by atoms with Gasteiger partial charge in [0, 0.05) is 11.6 Å². The van der Waals surface area contributed by atoms with Gasteiger partial charge in [-0.3, -0.25) is 4.79 Å². The molecule has 1 N–H and O–H groups in total. The molecule has 128 valence electrons. The number of carbonyl (C=O) groups is 1. The highest BCUT2D eigenvalue weighted by Gasteiger charge is 2.13. The molecule has 1 amide bonds. The van der Waals surface area contributed by atoms with Gasteiger partial charge >= 0.3 is 0 Å². The molecule has 0 fully saturated rings. The highest BCUT2D eigenvalue weighted by atomic mass is 35.5. The van der Waals surface area contributed by atoms with Gasteiger partial charge in [-0.15, -0.1) is 0 Å². The molecular formula is C18H16ClN3O3. The van der Waals surface area contributed by atoms with Crippen LogP contribution in [0.5, 0.6) is 5.75 Å². The van der Waals surface area contributed by atoms with Crippen molar-refractivity contribution in [1.82, 2.24) is 15.5 Å². The van der Waals surface area contributed by atoms with Crippen LogP contribution in [-0.2, 0) is 11.3 Å². The maximum Gasteiger partial charge on any atom is 0.261 e. The second-order valence-electron chi connectivity index (χ2n) is 5.33. The summed E-state index contributed by atoms with van der Waals surface area (Å²) >= 11 is 5.83. The van der Waals surface area contributed by atoms with Gasteiger partial charge in [0.15, 0.2) is 12.4 Å².